The van der Waals surface area contributed by atoms with Gasteiger partial charge in [-0.15, -0.1) is 0 Å². The molecule has 0 bridgehead atoms. The van der Waals surface area contributed by atoms with E-state index in [0.717, 1.165) is 11.3 Å². The first-order valence-corrected chi connectivity index (χ1v) is 9.94. The van der Waals surface area contributed by atoms with Gasteiger partial charge in [0.25, 0.3) is 11.6 Å². The summed E-state index contributed by atoms with van der Waals surface area (Å²) in [7, 11) is 2.97. The molecule has 1 heterocycles. The van der Waals surface area contributed by atoms with E-state index in [-0.39, 0.29) is 29.2 Å². The largest absolute Gasteiger partial charge is 0.493 e. The lowest BCUT2D eigenvalue weighted by Crippen LogP contribution is -2.23. The number of carbonyl (C=O) groups excluding carboxylic acids is 2. The second-order valence-corrected chi connectivity index (χ2v) is 7.15. The number of thiazole rings is 1. The van der Waals surface area contributed by atoms with Gasteiger partial charge >= 0.3 is 5.97 Å². The number of para-hydroxylation sites is 1. The third kappa shape index (κ3) is 4.56. The molecule has 11 heteroatoms. The summed E-state index contributed by atoms with van der Waals surface area (Å²) in [5, 5.41) is 11.3. The molecule has 2 aromatic carbocycles. The fraction of sp³-hybridized carbons (Fsp3) is 0.250. The number of esters is 1. The summed E-state index contributed by atoms with van der Waals surface area (Å²) in [6.45, 7) is 1.68. The summed E-state index contributed by atoms with van der Waals surface area (Å²) in [6.07, 6.45) is 0. The molecule has 0 aliphatic carbocycles. The Kier molecular flexibility index (Phi) is 6.65. The number of aromatic nitrogens is 1. The molecule has 31 heavy (non-hydrogen) atoms. The van der Waals surface area contributed by atoms with Crippen molar-refractivity contribution in [3.8, 4) is 11.5 Å². The Morgan fingerprint density at radius 2 is 1.84 bits per heavy atom. The molecule has 0 fully saturated rings. The number of nitrogens with zero attached hydrogens (tertiary/aromatic N) is 3. The van der Waals surface area contributed by atoms with Gasteiger partial charge in [-0.2, -0.15) is 4.99 Å². The van der Waals surface area contributed by atoms with Gasteiger partial charge in [0.2, 0.25) is 0 Å². The van der Waals surface area contributed by atoms with Crippen LogP contribution in [-0.4, -0.2) is 42.2 Å². The number of amides is 1. The fourth-order valence-electron chi connectivity index (χ4n) is 2.93. The van der Waals surface area contributed by atoms with Crippen LogP contribution in [0.15, 0.2) is 41.4 Å². The highest BCUT2D eigenvalue weighted by Crippen LogP contribution is 2.33. The van der Waals surface area contributed by atoms with E-state index in [0.29, 0.717) is 21.7 Å². The number of nitro groups is 1. The molecule has 0 saturated heterocycles. The molecule has 0 aliphatic heterocycles. The Hall–Kier alpha value is -3.73. The van der Waals surface area contributed by atoms with Crippen LogP contribution < -0.4 is 14.3 Å². The predicted octanol–water partition coefficient (Wildman–Crippen LogP) is 2.93. The first-order valence-electron chi connectivity index (χ1n) is 9.13. The molecular weight excluding hydrogens is 426 g/mol. The van der Waals surface area contributed by atoms with Gasteiger partial charge in [0.05, 0.1) is 36.0 Å². The molecule has 0 spiro atoms. The van der Waals surface area contributed by atoms with Crippen molar-refractivity contribution in [2.24, 2.45) is 4.99 Å². The lowest BCUT2D eigenvalue weighted by molar-refractivity contribution is -0.385. The van der Waals surface area contributed by atoms with Crippen LogP contribution in [0.1, 0.15) is 17.3 Å². The molecule has 0 aliphatic rings. The number of benzene rings is 2. The van der Waals surface area contributed by atoms with Crippen LogP contribution in [0.25, 0.3) is 10.2 Å². The Bertz CT molecular complexity index is 1230. The molecule has 0 saturated carbocycles. The number of carbonyl (C=O) groups is 2. The lowest BCUT2D eigenvalue weighted by atomic mass is 10.2. The van der Waals surface area contributed by atoms with Crippen molar-refractivity contribution in [3.63, 3.8) is 0 Å². The Labute approximate surface area is 180 Å². The van der Waals surface area contributed by atoms with Gasteiger partial charge < -0.3 is 18.8 Å². The highest BCUT2D eigenvalue weighted by molar-refractivity contribution is 7.16. The summed E-state index contributed by atoms with van der Waals surface area (Å²) >= 11 is 1.13. The van der Waals surface area contributed by atoms with Gasteiger partial charge in [0.1, 0.15) is 12.1 Å². The van der Waals surface area contributed by atoms with Crippen LogP contribution in [0.4, 0.5) is 5.69 Å². The molecule has 162 valence electrons. The second-order valence-electron chi connectivity index (χ2n) is 6.14. The summed E-state index contributed by atoms with van der Waals surface area (Å²) in [6, 6.07) is 8.92. The molecule has 1 amide bonds. The van der Waals surface area contributed by atoms with Gasteiger partial charge in [-0.1, -0.05) is 23.5 Å². The quantitative estimate of drug-likeness (QED) is 0.311. The summed E-state index contributed by atoms with van der Waals surface area (Å²) < 4.78 is 17.9. The number of nitro benzene ring substituents is 1. The predicted molar refractivity (Wildman–Crippen MR) is 113 cm³/mol. The summed E-state index contributed by atoms with van der Waals surface area (Å²) in [4.78, 5) is 39.8. The number of hydrogen-bond donors (Lipinski definition) is 0. The minimum Gasteiger partial charge on any atom is -0.493 e. The van der Waals surface area contributed by atoms with Crippen LogP contribution in [-0.2, 0) is 16.1 Å². The fourth-order valence-corrected chi connectivity index (χ4v) is 3.97. The monoisotopic (exact) mass is 445 g/mol. The van der Waals surface area contributed by atoms with E-state index >= 15 is 0 Å². The number of rotatable bonds is 7. The van der Waals surface area contributed by atoms with E-state index < -0.39 is 16.8 Å². The number of hydrogen-bond acceptors (Lipinski definition) is 8. The summed E-state index contributed by atoms with van der Waals surface area (Å²) in [5.74, 6) is -0.412. The van der Waals surface area contributed by atoms with Gasteiger partial charge in [0, 0.05) is 18.2 Å². The topological polar surface area (TPSA) is 122 Å². The third-order valence-corrected chi connectivity index (χ3v) is 5.35. The summed E-state index contributed by atoms with van der Waals surface area (Å²) in [5.41, 5.74) is 0.0743. The average Bonchev–Trinajstić information content (AvgIpc) is 3.08. The highest BCUT2D eigenvalue weighted by atomic mass is 32.1. The van der Waals surface area contributed by atoms with E-state index in [1.807, 2.05) is 0 Å². The smallest absolute Gasteiger partial charge is 0.326 e. The van der Waals surface area contributed by atoms with Gasteiger partial charge in [-0.3, -0.25) is 19.7 Å². The minimum absolute atomic E-state index is 0.150. The van der Waals surface area contributed by atoms with Crippen LogP contribution >= 0.6 is 11.3 Å². The SMILES string of the molecule is CCOC(=O)Cn1c(=NC(=O)c2ccccc2[N+](=O)[O-])sc2cc(OC)c(OC)cc21. The molecule has 1 aromatic heterocycles. The maximum atomic E-state index is 12.8. The van der Waals surface area contributed by atoms with E-state index in [1.54, 1.807) is 19.1 Å². The van der Waals surface area contributed by atoms with Crippen molar-refractivity contribution >= 4 is 39.1 Å². The molecule has 0 N–H and O–H groups in total. The van der Waals surface area contributed by atoms with E-state index in [2.05, 4.69) is 4.99 Å². The van der Waals surface area contributed by atoms with Crippen molar-refractivity contribution in [3.05, 3.63) is 56.9 Å². The Morgan fingerprint density at radius 1 is 1.16 bits per heavy atom. The second kappa shape index (κ2) is 9.39. The van der Waals surface area contributed by atoms with Crippen LogP contribution in [0.2, 0.25) is 0 Å². The number of fused-ring (bicyclic) bond motifs is 1. The van der Waals surface area contributed by atoms with Crippen LogP contribution in [0.3, 0.4) is 0 Å². The van der Waals surface area contributed by atoms with Crippen LogP contribution in [0, 0.1) is 10.1 Å². The Morgan fingerprint density at radius 3 is 2.48 bits per heavy atom. The zero-order chi connectivity index (χ0) is 22.5. The molecule has 0 unspecified atom stereocenters. The standard InChI is InChI=1S/C20H19N3O7S/c1-4-30-18(24)11-22-14-9-15(28-2)16(29-3)10-17(14)31-20(22)21-19(25)12-7-5-6-8-13(12)23(26)27/h5-10H,4,11H2,1-3H3. The van der Waals surface area contributed by atoms with E-state index in [9.17, 15) is 19.7 Å². The highest BCUT2D eigenvalue weighted by Gasteiger charge is 2.20. The van der Waals surface area contributed by atoms with Crippen molar-refractivity contribution in [2.75, 3.05) is 20.8 Å². The maximum Gasteiger partial charge on any atom is 0.326 e. The van der Waals surface area contributed by atoms with Crippen molar-refractivity contribution in [1.29, 1.82) is 0 Å². The normalized spacial score (nSPS) is 11.4. The first-order chi connectivity index (χ1) is 14.9. The zero-order valence-electron chi connectivity index (χ0n) is 17.0. The molecule has 0 atom stereocenters. The first kappa shape index (κ1) is 22.0. The lowest BCUT2D eigenvalue weighted by Gasteiger charge is -2.09. The molecule has 10 nitrogen and oxygen atoms in total. The van der Waals surface area contributed by atoms with Crippen LogP contribution in [0.5, 0.6) is 11.5 Å². The van der Waals surface area contributed by atoms with Crippen molar-refractivity contribution < 1.29 is 28.7 Å². The molecular formula is C20H19N3O7S. The van der Waals surface area contributed by atoms with E-state index in [1.165, 1.54) is 43.1 Å². The third-order valence-electron chi connectivity index (χ3n) is 4.31. The number of ether oxygens (including phenoxy) is 3. The van der Waals surface area contributed by atoms with Crippen molar-refractivity contribution in [2.45, 2.75) is 13.5 Å². The number of methoxy groups -OCH3 is 2. The van der Waals surface area contributed by atoms with Gasteiger partial charge in [0.15, 0.2) is 16.3 Å². The van der Waals surface area contributed by atoms with Gasteiger partial charge in [-0.25, -0.2) is 0 Å². The Balaban J connectivity index is 2.21. The minimum atomic E-state index is -0.796. The zero-order valence-corrected chi connectivity index (χ0v) is 17.8. The molecule has 3 aromatic rings. The maximum absolute atomic E-state index is 12.8. The van der Waals surface area contributed by atoms with E-state index in [4.69, 9.17) is 14.2 Å². The average molecular weight is 445 g/mol. The molecule has 0 radical (unpaired) electrons. The molecule has 3 rings (SSSR count). The van der Waals surface area contributed by atoms with Crippen molar-refractivity contribution in [1.82, 2.24) is 4.57 Å². The van der Waals surface area contributed by atoms with Gasteiger partial charge in [-0.05, 0) is 13.0 Å².